The van der Waals surface area contributed by atoms with E-state index in [1.54, 1.807) is 0 Å². The second-order valence-electron chi connectivity index (χ2n) is 8.17. The van der Waals surface area contributed by atoms with Gasteiger partial charge >= 0.3 is 0 Å². The maximum absolute atomic E-state index is 6.04. The Hall–Kier alpha value is -2.42. The molecule has 0 aliphatic carbocycles. The van der Waals surface area contributed by atoms with E-state index >= 15 is 0 Å². The zero-order valence-corrected chi connectivity index (χ0v) is 16.3. The molecule has 2 aliphatic heterocycles. The van der Waals surface area contributed by atoms with Crippen molar-refractivity contribution in [2.24, 2.45) is 15.4 Å². The number of benzene rings is 2. The summed E-state index contributed by atoms with van der Waals surface area (Å²) < 4.78 is 6.04. The fraction of sp³-hybridized carbons (Fsp3) is 0.417. The van der Waals surface area contributed by atoms with Crippen molar-refractivity contribution in [2.45, 2.75) is 51.6 Å². The SMILES string of the molecule is CC(C)(C1=N[C@H](Cc2ccccc2)CC1)C1=N[C@H](Cc2ccccc2)CO1. The Morgan fingerprint density at radius 3 is 2.07 bits per heavy atom. The molecule has 140 valence electrons. The molecule has 3 heteroatoms. The average molecular weight is 361 g/mol. The molecule has 0 spiro atoms. The topological polar surface area (TPSA) is 34.0 Å². The highest BCUT2D eigenvalue weighted by Crippen LogP contribution is 2.32. The predicted molar refractivity (Wildman–Crippen MR) is 112 cm³/mol. The Labute approximate surface area is 162 Å². The fourth-order valence-corrected chi connectivity index (χ4v) is 4.03. The minimum absolute atomic E-state index is 0.211. The number of aliphatic imine (C=N–C) groups is 2. The summed E-state index contributed by atoms with van der Waals surface area (Å²) in [7, 11) is 0. The molecule has 0 saturated heterocycles. The molecular weight excluding hydrogens is 332 g/mol. The van der Waals surface area contributed by atoms with Gasteiger partial charge in [-0.05, 0) is 50.7 Å². The molecule has 2 atom stereocenters. The fourth-order valence-electron chi connectivity index (χ4n) is 4.03. The minimum Gasteiger partial charge on any atom is -0.478 e. The van der Waals surface area contributed by atoms with E-state index in [9.17, 15) is 0 Å². The van der Waals surface area contributed by atoms with Crippen LogP contribution >= 0.6 is 0 Å². The number of hydrogen-bond acceptors (Lipinski definition) is 3. The van der Waals surface area contributed by atoms with Crippen molar-refractivity contribution in [3.63, 3.8) is 0 Å². The van der Waals surface area contributed by atoms with Gasteiger partial charge in [0.1, 0.15) is 6.61 Å². The quantitative estimate of drug-likeness (QED) is 0.721. The van der Waals surface area contributed by atoms with Crippen LogP contribution in [0.15, 0.2) is 70.6 Å². The van der Waals surface area contributed by atoms with Gasteiger partial charge in [0.05, 0.1) is 17.5 Å². The van der Waals surface area contributed by atoms with Crippen LogP contribution in [-0.4, -0.2) is 30.3 Å². The van der Waals surface area contributed by atoms with E-state index in [1.165, 1.54) is 16.8 Å². The largest absolute Gasteiger partial charge is 0.478 e. The van der Waals surface area contributed by atoms with Gasteiger partial charge in [-0.25, -0.2) is 4.99 Å². The number of rotatable bonds is 6. The zero-order chi connectivity index (χ0) is 18.7. The zero-order valence-electron chi connectivity index (χ0n) is 16.3. The van der Waals surface area contributed by atoms with E-state index in [-0.39, 0.29) is 11.5 Å². The van der Waals surface area contributed by atoms with Crippen molar-refractivity contribution in [1.29, 1.82) is 0 Å². The summed E-state index contributed by atoms with van der Waals surface area (Å²) in [6.45, 7) is 5.09. The highest BCUT2D eigenvalue weighted by molar-refractivity contribution is 6.09. The monoisotopic (exact) mass is 360 g/mol. The van der Waals surface area contributed by atoms with Crippen LogP contribution in [0.3, 0.4) is 0 Å². The maximum Gasteiger partial charge on any atom is 0.195 e. The number of hydrogen-bond donors (Lipinski definition) is 0. The summed E-state index contributed by atoms with van der Waals surface area (Å²) in [6, 6.07) is 21.8. The molecule has 4 rings (SSSR count). The smallest absolute Gasteiger partial charge is 0.195 e. The van der Waals surface area contributed by atoms with E-state index in [4.69, 9.17) is 14.7 Å². The lowest BCUT2D eigenvalue weighted by Crippen LogP contribution is -2.32. The number of nitrogens with zero attached hydrogens (tertiary/aromatic N) is 2. The molecule has 27 heavy (non-hydrogen) atoms. The van der Waals surface area contributed by atoms with Crippen molar-refractivity contribution in [3.05, 3.63) is 71.8 Å². The molecule has 0 aromatic heterocycles. The van der Waals surface area contributed by atoms with Crippen molar-refractivity contribution >= 4 is 11.6 Å². The highest BCUT2D eigenvalue weighted by Gasteiger charge is 2.39. The summed E-state index contributed by atoms with van der Waals surface area (Å²) in [6.07, 6.45) is 4.11. The molecule has 3 nitrogen and oxygen atoms in total. The van der Waals surface area contributed by atoms with Gasteiger partial charge in [-0.15, -0.1) is 0 Å². The molecule has 2 heterocycles. The van der Waals surface area contributed by atoms with Crippen LogP contribution in [0.1, 0.15) is 37.8 Å². The van der Waals surface area contributed by atoms with Crippen molar-refractivity contribution in [1.82, 2.24) is 0 Å². The molecule has 0 unspecified atom stereocenters. The third kappa shape index (κ3) is 4.13. The first-order chi connectivity index (χ1) is 13.1. The molecule has 0 fully saturated rings. The predicted octanol–water partition coefficient (Wildman–Crippen LogP) is 4.90. The van der Waals surface area contributed by atoms with Gasteiger partial charge in [-0.3, -0.25) is 4.99 Å². The van der Waals surface area contributed by atoms with Gasteiger partial charge in [0.2, 0.25) is 0 Å². The van der Waals surface area contributed by atoms with E-state index in [0.29, 0.717) is 12.6 Å². The van der Waals surface area contributed by atoms with Crippen LogP contribution in [-0.2, 0) is 17.6 Å². The first-order valence-corrected chi connectivity index (χ1v) is 9.97. The van der Waals surface area contributed by atoms with E-state index in [1.807, 2.05) is 0 Å². The Balaban J connectivity index is 1.43. The second-order valence-corrected chi connectivity index (χ2v) is 8.17. The van der Waals surface area contributed by atoms with Crippen molar-refractivity contribution in [3.8, 4) is 0 Å². The molecule has 0 bridgehead atoms. The molecular formula is C24H28N2O. The van der Waals surface area contributed by atoms with Crippen molar-refractivity contribution < 1.29 is 4.74 Å². The first kappa shape index (κ1) is 18.0. The van der Waals surface area contributed by atoms with Gasteiger partial charge in [0.15, 0.2) is 5.90 Å². The lowest BCUT2D eigenvalue weighted by Gasteiger charge is -2.24. The molecule has 0 radical (unpaired) electrons. The first-order valence-electron chi connectivity index (χ1n) is 9.97. The summed E-state index contributed by atoms with van der Waals surface area (Å²) in [5, 5.41) is 0. The summed E-state index contributed by atoms with van der Waals surface area (Å²) in [4.78, 5) is 9.99. The Kier molecular flexibility index (Phi) is 5.11. The third-order valence-corrected chi connectivity index (χ3v) is 5.65. The third-order valence-electron chi connectivity index (χ3n) is 5.65. The minimum atomic E-state index is -0.211. The van der Waals surface area contributed by atoms with Crippen LogP contribution in [0.4, 0.5) is 0 Å². The summed E-state index contributed by atoms with van der Waals surface area (Å²) in [5.74, 6) is 0.863. The van der Waals surface area contributed by atoms with Crippen molar-refractivity contribution in [2.75, 3.05) is 6.61 Å². The molecule has 0 N–H and O–H groups in total. The van der Waals surface area contributed by atoms with Gasteiger partial charge in [0.25, 0.3) is 0 Å². The Bertz CT molecular complexity index is 754. The van der Waals surface area contributed by atoms with Gasteiger partial charge < -0.3 is 4.74 Å². The van der Waals surface area contributed by atoms with E-state index < -0.39 is 0 Å². The standard InChI is InChI=1S/C24H28N2O/c1-24(2,22-14-13-20(25-22)15-18-9-5-3-6-10-18)23-26-21(17-27-23)16-19-11-7-4-8-12-19/h3-12,20-21H,13-17H2,1-2H3/t20-,21+/m0/s1. The van der Waals surface area contributed by atoms with E-state index in [0.717, 1.165) is 31.6 Å². The molecule has 2 aliphatic rings. The second kappa shape index (κ2) is 7.67. The number of ether oxygens (including phenoxy) is 1. The maximum atomic E-state index is 6.04. The van der Waals surface area contributed by atoms with Gasteiger partial charge in [0, 0.05) is 5.71 Å². The average Bonchev–Trinajstić information content (AvgIpc) is 3.34. The lowest BCUT2D eigenvalue weighted by molar-refractivity contribution is 0.292. The summed E-state index contributed by atoms with van der Waals surface area (Å²) in [5.41, 5.74) is 3.71. The van der Waals surface area contributed by atoms with Gasteiger partial charge in [-0.1, -0.05) is 60.7 Å². The Morgan fingerprint density at radius 1 is 0.852 bits per heavy atom. The normalized spacial score (nSPS) is 22.3. The van der Waals surface area contributed by atoms with Crippen LogP contribution in [0.25, 0.3) is 0 Å². The molecule has 2 aromatic rings. The van der Waals surface area contributed by atoms with Crippen LogP contribution < -0.4 is 0 Å². The molecule has 2 aromatic carbocycles. The summed E-state index contributed by atoms with van der Waals surface area (Å²) >= 11 is 0. The molecule has 0 amide bonds. The van der Waals surface area contributed by atoms with Crippen LogP contribution in [0.2, 0.25) is 0 Å². The lowest BCUT2D eigenvalue weighted by atomic mass is 9.85. The van der Waals surface area contributed by atoms with Gasteiger partial charge in [-0.2, -0.15) is 0 Å². The molecule has 0 saturated carbocycles. The van der Waals surface area contributed by atoms with Crippen LogP contribution in [0, 0.1) is 5.41 Å². The van der Waals surface area contributed by atoms with E-state index in [2.05, 4.69) is 74.5 Å². The Morgan fingerprint density at radius 2 is 1.44 bits per heavy atom. The highest BCUT2D eigenvalue weighted by atomic mass is 16.5. The van der Waals surface area contributed by atoms with Crippen LogP contribution in [0.5, 0.6) is 0 Å².